The van der Waals surface area contributed by atoms with Gasteiger partial charge >= 0.3 is 11.9 Å². The molecule has 2 aliphatic carbocycles. The lowest BCUT2D eigenvalue weighted by atomic mass is 9.66. The summed E-state index contributed by atoms with van der Waals surface area (Å²) in [5.74, 6) is -0.617. The Hall–Kier alpha value is -1.70. The molecule has 0 aliphatic heterocycles. The van der Waals surface area contributed by atoms with Gasteiger partial charge in [0.1, 0.15) is 6.10 Å². The van der Waals surface area contributed by atoms with Gasteiger partial charge in [-0.3, -0.25) is 9.59 Å². The molecule has 0 spiro atoms. The van der Waals surface area contributed by atoms with E-state index in [-0.39, 0.29) is 48.6 Å². The van der Waals surface area contributed by atoms with Gasteiger partial charge in [0.25, 0.3) is 0 Å². The first-order chi connectivity index (χ1) is 15.5. The molecule has 3 N–H and O–H groups in total. The highest BCUT2D eigenvalue weighted by Crippen LogP contribution is 2.44. The molecule has 0 unspecified atom stereocenters. The maximum atomic E-state index is 12.5. The van der Waals surface area contributed by atoms with Gasteiger partial charge in [-0.05, 0) is 56.9 Å². The van der Waals surface area contributed by atoms with Crippen LogP contribution in [0.1, 0.15) is 73.1 Å². The molecule has 2 rings (SSSR count). The SMILES string of the molecule is CC[C@H](C)C(=O)O[C@H]1C[C@H](O)C=C2C=C[C@H](C)[C@H](CC[C@@H](O)C[C@@H](O)CC(=O)OC(C)C)[C@H]21. The molecule has 0 saturated heterocycles. The molecule has 0 radical (unpaired) electrons. The maximum Gasteiger partial charge on any atom is 0.308 e. The summed E-state index contributed by atoms with van der Waals surface area (Å²) in [6.45, 7) is 9.40. The van der Waals surface area contributed by atoms with Crippen LogP contribution in [0.5, 0.6) is 0 Å². The Balaban J connectivity index is 2.02. The molecular formula is C26H42O7. The number of ether oxygens (including phenoxy) is 2. The van der Waals surface area contributed by atoms with E-state index in [2.05, 4.69) is 13.0 Å². The summed E-state index contributed by atoms with van der Waals surface area (Å²) >= 11 is 0. The Labute approximate surface area is 197 Å². The molecule has 0 fully saturated rings. The normalized spacial score (nSPS) is 29.6. The Kier molecular flexibility index (Phi) is 10.6. The smallest absolute Gasteiger partial charge is 0.308 e. The quantitative estimate of drug-likeness (QED) is 0.400. The van der Waals surface area contributed by atoms with Crippen LogP contribution in [0, 0.1) is 23.7 Å². The predicted molar refractivity (Wildman–Crippen MR) is 125 cm³/mol. The summed E-state index contributed by atoms with van der Waals surface area (Å²) in [6, 6.07) is 0. The minimum atomic E-state index is -0.959. The number of hydrogen-bond donors (Lipinski definition) is 3. The Morgan fingerprint density at radius 3 is 2.52 bits per heavy atom. The second kappa shape index (κ2) is 12.7. The van der Waals surface area contributed by atoms with Crippen LogP contribution in [0.15, 0.2) is 23.8 Å². The van der Waals surface area contributed by atoms with Crippen molar-refractivity contribution in [2.24, 2.45) is 23.7 Å². The molecule has 2 aliphatic rings. The third-order valence-corrected chi connectivity index (χ3v) is 6.80. The van der Waals surface area contributed by atoms with E-state index in [1.54, 1.807) is 13.8 Å². The van der Waals surface area contributed by atoms with E-state index in [0.717, 1.165) is 5.57 Å². The zero-order valence-electron chi connectivity index (χ0n) is 20.6. The van der Waals surface area contributed by atoms with Crippen LogP contribution >= 0.6 is 0 Å². The molecule has 8 atom stereocenters. The van der Waals surface area contributed by atoms with Crippen molar-refractivity contribution in [3.63, 3.8) is 0 Å². The van der Waals surface area contributed by atoms with Gasteiger partial charge in [-0.2, -0.15) is 0 Å². The summed E-state index contributed by atoms with van der Waals surface area (Å²) in [7, 11) is 0. The van der Waals surface area contributed by atoms with Crippen LogP contribution in [0.4, 0.5) is 0 Å². The third kappa shape index (κ3) is 8.23. The first-order valence-corrected chi connectivity index (χ1v) is 12.4. The Bertz CT molecular complexity index is 713. The first kappa shape index (κ1) is 27.5. The van der Waals surface area contributed by atoms with Crippen LogP contribution in [0.2, 0.25) is 0 Å². The number of carbonyl (C=O) groups excluding carboxylic acids is 2. The number of hydrogen-bond acceptors (Lipinski definition) is 7. The van der Waals surface area contributed by atoms with Crippen molar-refractivity contribution in [1.29, 1.82) is 0 Å². The van der Waals surface area contributed by atoms with Crippen LogP contribution in [-0.4, -0.2) is 57.8 Å². The minimum absolute atomic E-state index is 0.0421. The summed E-state index contributed by atoms with van der Waals surface area (Å²) in [5.41, 5.74) is 0.977. The second-order valence-electron chi connectivity index (χ2n) is 10.0. The molecule has 7 nitrogen and oxygen atoms in total. The molecule has 0 amide bonds. The number of rotatable bonds is 11. The molecule has 0 bridgehead atoms. The highest BCUT2D eigenvalue weighted by Gasteiger charge is 2.42. The highest BCUT2D eigenvalue weighted by atomic mass is 16.5. The van der Waals surface area contributed by atoms with Gasteiger partial charge in [0.2, 0.25) is 0 Å². The molecule has 0 aromatic rings. The molecule has 0 heterocycles. The Morgan fingerprint density at radius 1 is 1.18 bits per heavy atom. The fourth-order valence-electron chi connectivity index (χ4n) is 4.82. The number of esters is 2. The summed E-state index contributed by atoms with van der Waals surface area (Å²) in [5, 5.41) is 31.0. The Morgan fingerprint density at radius 2 is 1.88 bits per heavy atom. The van der Waals surface area contributed by atoms with E-state index in [9.17, 15) is 24.9 Å². The van der Waals surface area contributed by atoms with E-state index in [1.807, 2.05) is 26.0 Å². The number of carbonyl (C=O) groups is 2. The zero-order chi connectivity index (χ0) is 24.7. The highest BCUT2D eigenvalue weighted by molar-refractivity contribution is 5.72. The van der Waals surface area contributed by atoms with Crippen molar-refractivity contribution in [2.45, 2.75) is 104 Å². The summed E-state index contributed by atoms with van der Waals surface area (Å²) in [4.78, 5) is 24.2. The fourth-order valence-corrected chi connectivity index (χ4v) is 4.82. The molecule has 7 heteroatoms. The summed E-state index contributed by atoms with van der Waals surface area (Å²) in [6.07, 6.45) is 5.08. The van der Waals surface area contributed by atoms with Gasteiger partial charge in [0.05, 0.1) is 36.8 Å². The zero-order valence-corrected chi connectivity index (χ0v) is 20.6. The van der Waals surface area contributed by atoms with Crippen LogP contribution in [0.3, 0.4) is 0 Å². The first-order valence-electron chi connectivity index (χ1n) is 12.4. The molecule has 0 aromatic heterocycles. The lowest BCUT2D eigenvalue weighted by Crippen LogP contribution is -2.43. The molecule has 33 heavy (non-hydrogen) atoms. The standard InChI is InChI=1S/C26H42O7/c1-6-16(4)26(31)33-23-13-20(28)11-18-8-7-17(5)22(25(18)23)10-9-19(27)12-21(29)14-24(30)32-15(2)3/h7-8,11,15-17,19-23,25,27-29H,6,9-10,12-14H2,1-5H3/t16-,17-,19+,20+,21+,22-,23-,25-/m0/s1. The van der Waals surface area contributed by atoms with Crippen molar-refractivity contribution in [1.82, 2.24) is 0 Å². The summed E-state index contributed by atoms with van der Waals surface area (Å²) < 4.78 is 10.9. The van der Waals surface area contributed by atoms with Crippen molar-refractivity contribution in [3.05, 3.63) is 23.8 Å². The number of fused-ring (bicyclic) bond motifs is 1. The second-order valence-corrected chi connectivity index (χ2v) is 10.0. The van der Waals surface area contributed by atoms with Crippen LogP contribution < -0.4 is 0 Å². The number of aliphatic hydroxyl groups excluding tert-OH is 3. The number of aliphatic hydroxyl groups is 3. The van der Waals surface area contributed by atoms with Crippen molar-refractivity contribution < 1.29 is 34.4 Å². The van der Waals surface area contributed by atoms with Gasteiger partial charge in [0, 0.05) is 12.3 Å². The topological polar surface area (TPSA) is 113 Å². The van der Waals surface area contributed by atoms with E-state index >= 15 is 0 Å². The van der Waals surface area contributed by atoms with Gasteiger partial charge in [-0.15, -0.1) is 0 Å². The molecule has 0 saturated carbocycles. The van der Waals surface area contributed by atoms with E-state index in [0.29, 0.717) is 25.7 Å². The third-order valence-electron chi connectivity index (χ3n) is 6.80. The van der Waals surface area contributed by atoms with E-state index < -0.39 is 30.4 Å². The molecular weight excluding hydrogens is 424 g/mol. The van der Waals surface area contributed by atoms with Gasteiger partial charge in [0.15, 0.2) is 0 Å². The minimum Gasteiger partial charge on any atom is -0.463 e. The fraction of sp³-hybridized carbons (Fsp3) is 0.769. The molecule has 188 valence electrons. The van der Waals surface area contributed by atoms with Crippen LogP contribution in [0.25, 0.3) is 0 Å². The van der Waals surface area contributed by atoms with Gasteiger partial charge in [-0.25, -0.2) is 0 Å². The average molecular weight is 467 g/mol. The maximum absolute atomic E-state index is 12.5. The largest absolute Gasteiger partial charge is 0.463 e. The van der Waals surface area contributed by atoms with Crippen molar-refractivity contribution in [2.75, 3.05) is 0 Å². The van der Waals surface area contributed by atoms with Gasteiger partial charge < -0.3 is 24.8 Å². The lowest BCUT2D eigenvalue weighted by molar-refractivity contribution is -0.159. The monoisotopic (exact) mass is 466 g/mol. The average Bonchev–Trinajstić information content (AvgIpc) is 2.71. The van der Waals surface area contributed by atoms with E-state index in [1.165, 1.54) is 0 Å². The van der Waals surface area contributed by atoms with E-state index in [4.69, 9.17) is 9.47 Å². The van der Waals surface area contributed by atoms with Gasteiger partial charge in [-0.1, -0.05) is 39.0 Å². The predicted octanol–water partition coefficient (Wildman–Crippen LogP) is 3.31. The van der Waals surface area contributed by atoms with Crippen LogP contribution in [-0.2, 0) is 19.1 Å². The van der Waals surface area contributed by atoms with Crippen molar-refractivity contribution >= 4 is 11.9 Å². The molecule has 0 aromatic carbocycles. The lowest BCUT2D eigenvalue weighted by Gasteiger charge is -2.43. The number of allylic oxidation sites excluding steroid dienone is 2. The van der Waals surface area contributed by atoms with Crippen molar-refractivity contribution in [3.8, 4) is 0 Å².